The predicted molar refractivity (Wildman–Crippen MR) is 202 cm³/mol. The Bertz CT molecular complexity index is 2170. The SMILES string of the molecule is CC1C(c2nc(-c3cccc(-c4ccccn4)c3)nc(-c3cccc(-c4ccccn4)c3)n2)C=C(c2ccccc2)CC1(C)c1ccccc1. The summed E-state index contributed by atoms with van der Waals surface area (Å²) < 4.78 is 0. The van der Waals surface area contributed by atoms with Crippen molar-refractivity contribution in [3.8, 4) is 45.3 Å². The van der Waals surface area contributed by atoms with Crippen LogP contribution in [0, 0.1) is 5.92 Å². The van der Waals surface area contributed by atoms with Crippen molar-refractivity contribution in [2.24, 2.45) is 5.92 Å². The minimum absolute atomic E-state index is 0.0670. The summed E-state index contributed by atoms with van der Waals surface area (Å²) in [5.74, 6) is 2.17. The molecular weight excluding hydrogens is 611 g/mol. The molecule has 3 heterocycles. The number of nitrogens with zero attached hydrogens (tertiary/aromatic N) is 5. The highest BCUT2D eigenvalue weighted by Gasteiger charge is 2.43. The lowest BCUT2D eigenvalue weighted by Crippen LogP contribution is -2.37. The Kier molecular flexibility index (Phi) is 8.39. The Labute approximate surface area is 293 Å². The minimum Gasteiger partial charge on any atom is -0.256 e. The lowest BCUT2D eigenvalue weighted by Gasteiger charge is -2.44. The second-order valence-corrected chi connectivity index (χ2v) is 13.3. The van der Waals surface area contributed by atoms with Crippen LogP contribution < -0.4 is 0 Å². The molecule has 0 N–H and O–H groups in total. The van der Waals surface area contributed by atoms with Crippen LogP contribution in [0.15, 0.2) is 164 Å². The number of benzene rings is 4. The summed E-state index contributed by atoms with van der Waals surface area (Å²) in [5.41, 5.74) is 9.36. The molecule has 0 fully saturated rings. The van der Waals surface area contributed by atoms with Crippen molar-refractivity contribution in [2.75, 3.05) is 0 Å². The van der Waals surface area contributed by atoms with Gasteiger partial charge in [-0.1, -0.05) is 129 Å². The molecule has 0 bridgehead atoms. The molecule has 5 nitrogen and oxygen atoms in total. The highest BCUT2D eigenvalue weighted by molar-refractivity contribution is 5.73. The number of aromatic nitrogens is 5. The number of hydrogen-bond donors (Lipinski definition) is 0. The molecule has 0 saturated carbocycles. The molecular formula is C45H37N5. The number of rotatable bonds is 7. The second-order valence-electron chi connectivity index (χ2n) is 13.3. The van der Waals surface area contributed by atoms with E-state index in [9.17, 15) is 0 Å². The molecule has 3 aromatic heterocycles. The third-order valence-corrected chi connectivity index (χ3v) is 10.2. The van der Waals surface area contributed by atoms with Gasteiger partial charge in [-0.2, -0.15) is 0 Å². The normalized spacial score (nSPS) is 18.7. The van der Waals surface area contributed by atoms with E-state index in [4.69, 9.17) is 15.0 Å². The molecule has 1 aliphatic carbocycles. The van der Waals surface area contributed by atoms with E-state index in [0.29, 0.717) is 11.6 Å². The molecule has 7 aromatic rings. The van der Waals surface area contributed by atoms with Crippen LogP contribution in [0.4, 0.5) is 0 Å². The third-order valence-electron chi connectivity index (χ3n) is 10.2. The Morgan fingerprint density at radius 1 is 0.520 bits per heavy atom. The topological polar surface area (TPSA) is 64.5 Å². The van der Waals surface area contributed by atoms with Gasteiger partial charge in [0.15, 0.2) is 11.6 Å². The maximum absolute atomic E-state index is 5.31. The number of allylic oxidation sites excluding steroid dienone is 2. The van der Waals surface area contributed by atoms with Gasteiger partial charge < -0.3 is 0 Å². The monoisotopic (exact) mass is 647 g/mol. The quantitative estimate of drug-likeness (QED) is 0.172. The molecule has 0 amide bonds. The number of hydrogen-bond acceptors (Lipinski definition) is 5. The molecule has 0 aliphatic heterocycles. The van der Waals surface area contributed by atoms with Crippen molar-refractivity contribution in [1.82, 2.24) is 24.9 Å². The van der Waals surface area contributed by atoms with Gasteiger partial charge in [0.2, 0.25) is 0 Å². The highest BCUT2D eigenvalue weighted by Crippen LogP contribution is 2.51. The van der Waals surface area contributed by atoms with Crippen LogP contribution in [0.5, 0.6) is 0 Å². The Balaban J connectivity index is 1.32. The fourth-order valence-electron chi connectivity index (χ4n) is 7.21. The molecule has 0 spiro atoms. The van der Waals surface area contributed by atoms with E-state index in [2.05, 4.69) is 127 Å². The summed E-state index contributed by atoms with van der Waals surface area (Å²) in [6.07, 6.45) is 6.96. The summed E-state index contributed by atoms with van der Waals surface area (Å²) in [4.78, 5) is 25.0. The first-order valence-corrected chi connectivity index (χ1v) is 17.2. The van der Waals surface area contributed by atoms with Gasteiger partial charge >= 0.3 is 0 Å². The van der Waals surface area contributed by atoms with Gasteiger partial charge in [0, 0.05) is 46.0 Å². The van der Waals surface area contributed by atoms with Crippen molar-refractivity contribution in [3.63, 3.8) is 0 Å². The first-order chi connectivity index (χ1) is 24.5. The van der Waals surface area contributed by atoms with Gasteiger partial charge in [-0.25, -0.2) is 15.0 Å². The fraction of sp³-hybridized carbons (Fsp3) is 0.133. The zero-order chi connectivity index (χ0) is 33.9. The first kappa shape index (κ1) is 31.2. The van der Waals surface area contributed by atoms with Gasteiger partial charge in [-0.15, -0.1) is 0 Å². The molecule has 50 heavy (non-hydrogen) atoms. The Morgan fingerprint density at radius 2 is 1.02 bits per heavy atom. The van der Waals surface area contributed by atoms with Crippen molar-refractivity contribution < 1.29 is 0 Å². The van der Waals surface area contributed by atoms with E-state index in [1.54, 1.807) is 0 Å². The Hall–Kier alpha value is -6.07. The van der Waals surface area contributed by atoms with E-state index in [1.807, 2.05) is 60.9 Å². The lowest BCUT2D eigenvalue weighted by atomic mass is 9.60. The first-order valence-electron chi connectivity index (χ1n) is 17.2. The van der Waals surface area contributed by atoms with Gasteiger partial charge in [0.25, 0.3) is 0 Å². The van der Waals surface area contributed by atoms with Gasteiger partial charge in [0.05, 0.1) is 11.4 Å². The summed E-state index contributed by atoms with van der Waals surface area (Å²) in [7, 11) is 0. The van der Waals surface area contributed by atoms with Crippen LogP contribution in [0.25, 0.3) is 50.9 Å². The summed E-state index contributed by atoms with van der Waals surface area (Å²) in [6.45, 7) is 4.74. The molecule has 3 atom stereocenters. The molecule has 5 heteroatoms. The summed E-state index contributed by atoms with van der Waals surface area (Å²) >= 11 is 0. The van der Waals surface area contributed by atoms with Gasteiger partial charge in [-0.05, 0) is 65.4 Å². The second kappa shape index (κ2) is 13.4. The van der Waals surface area contributed by atoms with Crippen LogP contribution in [-0.2, 0) is 5.41 Å². The summed E-state index contributed by atoms with van der Waals surface area (Å²) in [6, 6.07) is 50.2. The Morgan fingerprint density at radius 3 is 1.56 bits per heavy atom. The van der Waals surface area contributed by atoms with E-state index in [-0.39, 0.29) is 17.3 Å². The highest BCUT2D eigenvalue weighted by atomic mass is 15.0. The van der Waals surface area contributed by atoms with Gasteiger partial charge in [-0.3, -0.25) is 9.97 Å². The molecule has 1 aliphatic rings. The van der Waals surface area contributed by atoms with Crippen LogP contribution in [0.1, 0.15) is 43.1 Å². The summed E-state index contributed by atoms with van der Waals surface area (Å²) in [5, 5.41) is 0. The lowest BCUT2D eigenvalue weighted by molar-refractivity contribution is 0.278. The largest absolute Gasteiger partial charge is 0.256 e. The smallest absolute Gasteiger partial charge is 0.163 e. The maximum atomic E-state index is 5.31. The molecule has 8 rings (SSSR count). The molecule has 242 valence electrons. The van der Waals surface area contributed by atoms with E-state index in [1.165, 1.54) is 16.7 Å². The average molecular weight is 648 g/mol. The fourth-order valence-corrected chi connectivity index (χ4v) is 7.21. The van der Waals surface area contributed by atoms with Crippen LogP contribution in [0.3, 0.4) is 0 Å². The third kappa shape index (κ3) is 6.14. The standard InChI is InChI=1S/C45H37N5/c1-31-39(29-37(32-15-5-3-6-16-32)30-45(31,2)38-21-7-4-8-22-38)44-49-42(35-19-13-17-33(27-35)40-23-9-11-25-46-40)48-43(50-44)36-20-14-18-34(28-36)41-24-10-12-26-47-41/h3-29,31,39H,30H2,1-2H3. The van der Waals surface area contributed by atoms with Crippen LogP contribution in [-0.4, -0.2) is 24.9 Å². The van der Waals surface area contributed by atoms with E-state index in [0.717, 1.165) is 45.9 Å². The maximum Gasteiger partial charge on any atom is 0.163 e. The predicted octanol–water partition coefficient (Wildman–Crippen LogP) is 10.5. The molecule has 0 saturated heterocycles. The minimum atomic E-state index is -0.156. The molecule has 4 aromatic carbocycles. The zero-order valence-corrected chi connectivity index (χ0v) is 28.2. The van der Waals surface area contributed by atoms with Gasteiger partial charge in [0.1, 0.15) is 5.82 Å². The molecule has 3 unspecified atom stereocenters. The van der Waals surface area contributed by atoms with Crippen molar-refractivity contribution in [3.05, 3.63) is 181 Å². The van der Waals surface area contributed by atoms with Crippen LogP contribution >= 0.6 is 0 Å². The van der Waals surface area contributed by atoms with Crippen LogP contribution in [0.2, 0.25) is 0 Å². The van der Waals surface area contributed by atoms with Crippen molar-refractivity contribution in [2.45, 2.75) is 31.6 Å². The van der Waals surface area contributed by atoms with Crippen molar-refractivity contribution in [1.29, 1.82) is 0 Å². The van der Waals surface area contributed by atoms with E-state index < -0.39 is 0 Å². The zero-order valence-electron chi connectivity index (χ0n) is 28.2. The molecule has 0 radical (unpaired) electrons. The van der Waals surface area contributed by atoms with E-state index >= 15 is 0 Å². The number of pyridine rings is 2. The van der Waals surface area contributed by atoms with Crippen molar-refractivity contribution >= 4 is 5.57 Å². The average Bonchev–Trinajstić information content (AvgIpc) is 3.20.